The van der Waals surface area contributed by atoms with Crippen molar-refractivity contribution in [2.75, 3.05) is 50.0 Å². The second-order valence-corrected chi connectivity index (χ2v) is 9.44. The number of likely N-dealkylation sites (N-methyl/N-ethyl adjacent to an activating group) is 1. The topological polar surface area (TPSA) is 162 Å². The molecule has 0 radical (unpaired) electrons. The summed E-state index contributed by atoms with van der Waals surface area (Å²) in [5.74, 6) is -2.69. The summed E-state index contributed by atoms with van der Waals surface area (Å²) >= 11 is 0. The molecule has 5 heterocycles. The Labute approximate surface area is 221 Å². The Morgan fingerprint density at radius 2 is 1.95 bits per heavy atom. The SMILES string of the molecule is CN1CCN([C@@H]2CCCN(c3cnc(C(N)=O)c(Nc4cc5n(n4)CCNC5)c3)C2)C1=O.O=C(O)C(F)(F)F. The Bertz CT molecular complexity index is 1210. The van der Waals surface area contributed by atoms with E-state index in [1.807, 2.05) is 28.8 Å². The lowest BCUT2D eigenvalue weighted by molar-refractivity contribution is -0.192. The number of primary amides is 1. The summed E-state index contributed by atoms with van der Waals surface area (Å²) < 4.78 is 33.7. The monoisotopic (exact) mass is 553 g/mol. The van der Waals surface area contributed by atoms with Crippen LogP contribution in [0.2, 0.25) is 0 Å². The third-order valence-electron chi connectivity index (χ3n) is 6.73. The van der Waals surface area contributed by atoms with Crippen LogP contribution in [0.5, 0.6) is 0 Å². The molecule has 3 amide bonds. The first-order valence-corrected chi connectivity index (χ1v) is 12.3. The van der Waals surface area contributed by atoms with Crippen molar-refractivity contribution in [1.82, 2.24) is 29.9 Å². The zero-order valence-corrected chi connectivity index (χ0v) is 21.2. The van der Waals surface area contributed by atoms with E-state index in [9.17, 15) is 22.8 Å². The summed E-state index contributed by atoms with van der Waals surface area (Å²) in [6, 6.07) is 4.14. The van der Waals surface area contributed by atoms with Gasteiger partial charge < -0.3 is 36.2 Å². The Morgan fingerprint density at radius 1 is 1.21 bits per heavy atom. The van der Waals surface area contributed by atoms with E-state index in [0.717, 1.165) is 70.0 Å². The molecule has 2 fully saturated rings. The highest BCUT2D eigenvalue weighted by molar-refractivity contribution is 5.97. The number of piperidine rings is 1. The van der Waals surface area contributed by atoms with Gasteiger partial charge in [-0.3, -0.25) is 9.48 Å². The van der Waals surface area contributed by atoms with Crippen LogP contribution in [-0.4, -0.2) is 99.6 Å². The van der Waals surface area contributed by atoms with Gasteiger partial charge in [0.2, 0.25) is 0 Å². The second kappa shape index (κ2) is 11.3. The average Bonchev–Trinajstić information content (AvgIpc) is 3.45. The molecule has 16 heteroatoms. The molecule has 5 rings (SSSR count). The van der Waals surface area contributed by atoms with Crippen LogP contribution in [0.4, 0.5) is 35.2 Å². The van der Waals surface area contributed by atoms with Gasteiger partial charge in [0.1, 0.15) is 0 Å². The molecule has 13 nitrogen and oxygen atoms in total. The molecule has 2 aromatic rings. The minimum atomic E-state index is -5.08. The number of alkyl halides is 3. The summed E-state index contributed by atoms with van der Waals surface area (Å²) in [4.78, 5) is 43.7. The van der Waals surface area contributed by atoms with Crippen molar-refractivity contribution < 1.29 is 32.7 Å². The molecule has 2 aromatic heterocycles. The fraction of sp³-hybridized carbons (Fsp3) is 0.522. The number of fused-ring (bicyclic) bond motifs is 1. The maximum absolute atomic E-state index is 12.5. The Morgan fingerprint density at radius 3 is 2.56 bits per heavy atom. The summed E-state index contributed by atoms with van der Waals surface area (Å²) in [6.07, 6.45) is -1.42. The van der Waals surface area contributed by atoms with Gasteiger partial charge in [-0.2, -0.15) is 18.3 Å². The zero-order chi connectivity index (χ0) is 28.3. The van der Waals surface area contributed by atoms with Crippen molar-refractivity contribution >= 4 is 35.1 Å². The number of anilines is 3. The number of carbonyl (C=O) groups is 3. The maximum atomic E-state index is 12.5. The molecule has 0 saturated carbocycles. The fourth-order valence-electron chi connectivity index (χ4n) is 4.76. The van der Waals surface area contributed by atoms with E-state index in [1.165, 1.54) is 0 Å². The van der Waals surface area contributed by atoms with Crippen molar-refractivity contribution in [2.24, 2.45) is 5.73 Å². The molecule has 0 spiro atoms. The van der Waals surface area contributed by atoms with Crippen LogP contribution >= 0.6 is 0 Å². The van der Waals surface area contributed by atoms with E-state index >= 15 is 0 Å². The number of carboxylic acid groups (broad SMARTS) is 1. The normalized spacial score (nSPS) is 19.3. The minimum Gasteiger partial charge on any atom is -0.475 e. The molecule has 2 saturated heterocycles. The largest absolute Gasteiger partial charge is 0.490 e. The maximum Gasteiger partial charge on any atom is 0.490 e. The van der Waals surface area contributed by atoms with Crippen LogP contribution in [-0.2, 0) is 17.9 Å². The van der Waals surface area contributed by atoms with Gasteiger partial charge in [0.15, 0.2) is 11.5 Å². The van der Waals surface area contributed by atoms with Gasteiger partial charge in [0.25, 0.3) is 5.91 Å². The van der Waals surface area contributed by atoms with E-state index in [1.54, 1.807) is 11.1 Å². The van der Waals surface area contributed by atoms with E-state index in [4.69, 9.17) is 15.6 Å². The van der Waals surface area contributed by atoms with E-state index < -0.39 is 18.1 Å². The zero-order valence-electron chi connectivity index (χ0n) is 21.2. The number of hydrogen-bond donors (Lipinski definition) is 4. The molecule has 0 unspecified atom stereocenters. The first-order chi connectivity index (χ1) is 18.4. The molecule has 3 aliphatic rings. The molecule has 39 heavy (non-hydrogen) atoms. The lowest BCUT2D eigenvalue weighted by Gasteiger charge is -2.38. The quantitative estimate of drug-likeness (QED) is 0.426. The van der Waals surface area contributed by atoms with Crippen molar-refractivity contribution in [2.45, 2.75) is 38.1 Å². The third-order valence-corrected chi connectivity index (χ3v) is 6.73. The van der Waals surface area contributed by atoms with Crippen LogP contribution in [0.15, 0.2) is 18.3 Å². The van der Waals surface area contributed by atoms with Gasteiger partial charge in [-0.15, -0.1) is 0 Å². The molecule has 3 aliphatic heterocycles. The lowest BCUT2D eigenvalue weighted by Crippen LogP contribution is -2.49. The molecular weight excluding hydrogens is 523 g/mol. The summed E-state index contributed by atoms with van der Waals surface area (Å²) in [6.45, 7) is 5.58. The average molecular weight is 554 g/mol. The minimum absolute atomic E-state index is 0.0969. The number of hydrogen-bond acceptors (Lipinski definition) is 8. The standard InChI is InChI=1S/C21H29N9O2.C2HF3O2/c1-27-7-8-29(21(27)32)14-3-2-5-28(13-14)15-9-17(19(20(22)31)24-12-15)25-18-10-16-11-23-4-6-30(16)26-18;3-2(4,5)1(6)7/h9-10,12,14,23H,2-8,11,13H2,1H3,(H2,22,31)(H,25,26);(H,6,7)/t14-;/m1./s1. The predicted octanol–water partition coefficient (Wildman–Crippen LogP) is 1.19. The number of nitrogens with one attached hydrogen (secondary N) is 2. The highest BCUT2D eigenvalue weighted by Gasteiger charge is 2.38. The van der Waals surface area contributed by atoms with Crippen molar-refractivity contribution in [3.63, 3.8) is 0 Å². The highest BCUT2D eigenvalue weighted by atomic mass is 19.4. The van der Waals surface area contributed by atoms with Crippen molar-refractivity contribution in [3.8, 4) is 0 Å². The van der Waals surface area contributed by atoms with Gasteiger partial charge in [-0.25, -0.2) is 14.6 Å². The van der Waals surface area contributed by atoms with Gasteiger partial charge in [0.05, 0.1) is 35.9 Å². The predicted molar refractivity (Wildman–Crippen MR) is 134 cm³/mol. The Kier molecular flexibility index (Phi) is 8.13. The number of pyridine rings is 1. The van der Waals surface area contributed by atoms with Crippen LogP contribution in [0.3, 0.4) is 0 Å². The number of nitrogens with zero attached hydrogens (tertiary/aromatic N) is 6. The van der Waals surface area contributed by atoms with E-state index in [0.29, 0.717) is 11.5 Å². The van der Waals surface area contributed by atoms with Crippen molar-refractivity contribution in [3.05, 3.63) is 29.7 Å². The fourth-order valence-corrected chi connectivity index (χ4v) is 4.76. The molecule has 0 bridgehead atoms. The number of aromatic nitrogens is 3. The second-order valence-electron chi connectivity index (χ2n) is 9.44. The lowest BCUT2D eigenvalue weighted by atomic mass is 10.0. The van der Waals surface area contributed by atoms with Crippen LogP contribution < -0.4 is 21.3 Å². The number of aliphatic carboxylic acids is 1. The molecule has 0 aliphatic carbocycles. The van der Waals surface area contributed by atoms with Crippen LogP contribution in [0.1, 0.15) is 29.0 Å². The summed E-state index contributed by atoms with van der Waals surface area (Å²) in [5.41, 5.74) is 8.29. The van der Waals surface area contributed by atoms with Gasteiger partial charge in [0, 0.05) is 52.4 Å². The number of halogens is 3. The molecular formula is C23H30F3N9O4. The molecule has 212 valence electrons. The number of carbonyl (C=O) groups excluding carboxylic acids is 2. The Balaban J connectivity index is 0.000000448. The first-order valence-electron chi connectivity index (χ1n) is 12.3. The number of urea groups is 1. The van der Waals surface area contributed by atoms with Crippen molar-refractivity contribution in [1.29, 1.82) is 0 Å². The van der Waals surface area contributed by atoms with Gasteiger partial charge >= 0.3 is 18.2 Å². The molecule has 5 N–H and O–H groups in total. The Hall–Kier alpha value is -4.08. The highest BCUT2D eigenvalue weighted by Crippen LogP contribution is 2.29. The van der Waals surface area contributed by atoms with Crippen LogP contribution in [0, 0.1) is 0 Å². The van der Waals surface area contributed by atoms with E-state index in [2.05, 4.69) is 25.6 Å². The van der Waals surface area contributed by atoms with E-state index in [-0.39, 0.29) is 17.8 Å². The number of amides is 3. The van der Waals surface area contributed by atoms with Gasteiger partial charge in [-0.05, 0) is 18.9 Å². The summed E-state index contributed by atoms with van der Waals surface area (Å²) in [7, 11) is 1.84. The molecule has 1 atom stereocenters. The number of rotatable bonds is 5. The smallest absolute Gasteiger partial charge is 0.475 e. The summed E-state index contributed by atoms with van der Waals surface area (Å²) in [5, 5.41) is 18.3. The first kappa shape index (κ1) is 27.9. The van der Waals surface area contributed by atoms with Crippen LogP contribution in [0.25, 0.3) is 0 Å². The third kappa shape index (κ3) is 6.50. The van der Waals surface area contributed by atoms with Gasteiger partial charge in [-0.1, -0.05) is 0 Å². The molecule has 0 aromatic carbocycles. The number of carboxylic acids is 1. The number of nitrogens with two attached hydrogens (primary N) is 1.